The Bertz CT molecular complexity index is 2370. The fraction of sp³-hybridized carbons (Fsp3) is 0.562. The zero-order chi connectivity index (χ0) is 51.5. The molecule has 3 aliphatic heterocycles. The Morgan fingerprint density at radius 3 is 2.53 bits per heavy atom. The van der Waals surface area contributed by atoms with Crippen molar-refractivity contribution in [2.45, 2.75) is 114 Å². The summed E-state index contributed by atoms with van der Waals surface area (Å²) in [6.07, 6.45) is 8.53. The number of aliphatic imine (C=N–C) groups is 1. The largest absolute Gasteiger partial charge is 0.444 e. The summed E-state index contributed by atoms with van der Waals surface area (Å²) >= 11 is 8.28. The predicted octanol–water partition coefficient (Wildman–Crippen LogP) is 3.64. The van der Waals surface area contributed by atoms with E-state index in [1.165, 1.54) is 12.1 Å². The van der Waals surface area contributed by atoms with Gasteiger partial charge in [-0.05, 0) is 77.1 Å². The van der Waals surface area contributed by atoms with Crippen molar-refractivity contribution in [3.05, 3.63) is 87.9 Å². The third-order valence-electron chi connectivity index (χ3n) is 11.6. The minimum atomic E-state index is -0.962. The number of urea groups is 1. The van der Waals surface area contributed by atoms with Gasteiger partial charge in [-0.15, -0.1) is 5.10 Å². The Labute approximate surface area is 426 Å². The molecule has 392 valence electrons. The van der Waals surface area contributed by atoms with Gasteiger partial charge < -0.3 is 56.0 Å². The number of fused-ring (bicyclic) bond motifs is 1. The summed E-state index contributed by atoms with van der Waals surface area (Å²) in [5.74, 6) is -0.422. The molecule has 0 saturated carbocycles. The van der Waals surface area contributed by atoms with Crippen molar-refractivity contribution in [2.24, 2.45) is 4.99 Å². The maximum Gasteiger partial charge on any atom is 0.407 e. The van der Waals surface area contributed by atoms with E-state index in [2.05, 4.69) is 47.2 Å². The normalized spacial score (nSPS) is 18.9. The SMILES string of the molecule is CC(C)(C)OC(=O)NCCCC[C@@H](NC(=O)CCCC[C@@H]1SC[C@@H]2NC(=O)N[C@@H]21)C(=O)NCCOCCOCCn1cc(COCC2=C(C(=O)CO)C(c3ccc(F)cc3Cl)N=C(c3ccncc3)N2)nn1. The Morgan fingerprint density at radius 1 is 0.972 bits per heavy atom. The number of pyridine rings is 1. The molecule has 5 atom stereocenters. The molecule has 2 saturated heterocycles. The number of nitrogens with zero attached hydrogens (tertiary/aromatic N) is 5. The molecular weight excluding hydrogens is 977 g/mol. The fourth-order valence-electron chi connectivity index (χ4n) is 8.13. The van der Waals surface area contributed by atoms with Crippen LogP contribution in [-0.4, -0.2) is 148 Å². The number of halogens is 2. The fourth-order valence-corrected chi connectivity index (χ4v) is 9.95. The molecule has 5 heterocycles. The van der Waals surface area contributed by atoms with Crippen molar-refractivity contribution in [1.29, 1.82) is 0 Å². The van der Waals surface area contributed by atoms with E-state index in [9.17, 15) is 33.5 Å². The van der Waals surface area contributed by atoms with Crippen LogP contribution < -0.4 is 31.9 Å². The van der Waals surface area contributed by atoms with Crippen LogP contribution in [0.1, 0.15) is 88.6 Å². The van der Waals surface area contributed by atoms with Crippen LogP contribution in [0.4, 0.5) is 14.0 Å². The van der Waals surface area contributed by atoms with Gasteiger partial charge >= 0.3 is 12.1 Å². The number of aliphatic hydroxyl groups excluding tert-OH is 1. The van der Waals surface area contributed by atoms with Crippen LogP contribution >= 0.6 is 23.4 Å². The van der Waals surface area contributed by atoms with Crippen molar-refractivity contribution in [1.82, 2.24) is 51.9 Å². The lowest BCUT2D eigenvalue weighted by atomic mass is 9.92. The highest BCUT2D eigenvalue weighted by molar-refractivity contribution is 8.00. The van der Waals surface area contributed by atoms with Gasteiger partial charge in [0.05, 0.1) is 70.2 Å². The quantitative estimate of drug-likeness (QED) is 0.0387. The monoisotopic (exact) mass is 1040 g/mol. The number of benzene rings is 1. The van der Waals surface area contributed by atoms with Crippen LogP contribution in [0.25, 0.3) is 0 Å². The summed E-state index contributed by atoms with van der Waals surface area (Å²) in [5.41, 5.74) is 1.41. The van der Waals surface area contributed by atoms with E-state index in [0.29, 0.717) is 79.0 Å². The van der Waals surface area contributed by atoms with Crippen LogP contribution in [0.15, 0.2) is 65.2 Å². The number of carbonyl (C=O) groups excluding carboxylic acids is 5. The predicted molar refractivity (Wildman–Crippen MR) is 265 cm³/mol. The zero-order valence-corrected chi connectivity index (χ0v) is 42.3. The minimum absolute atomic E-state index is 0.0314. The molecule has 6 rings (SSSR count). The molecule has 5 amide bonds. The standard InChI is InChI=1S/C48H65ClFN11O10S/c1-48(2,3)71-47(67)53-15-7-6-8-35(54-40(64)10-5-4-9-39-43-37(29-72-39)56-46(66)58-43)45(65)52-18-20-68-22-23-69-21-19-61-25-32(59-60-61)27-70-28-36-41(38(63)26-62)42(33-12-11-31(50)24-34(33)49)57-44(55-36)30-13-16-51-17-14-30/h11-14,16-17,24-25,35,37,39,42-43,62H,4-10,15,18-23,26-29H2,1-3H3,(H,52,65)(H,53,67)(H,54,64)(H,55,57)(H2,56,58,66)/t35-,37+,39+,42?,43+/m1/s1. The van der Waals surface area contributed by atoms with Gasteiger partial charge in [0, 0.05) is 64.6 Å². The average Bonchev–Trinajstić information content (AvgIpc) is 4.07. The lowest BCUT2D eigenvalue weighted by molar-refractivity contribution is -0.129. The molecule has 1 unspecified atom stereocenters. The van der Waals surface area contributed by atoms with Gasteiger partial charge in [0.25, 0.3) is 0 Å². The molecule has 2 aromatic heterocycles. The van der Waals surface area contributed by atoms with Crippen LogP contribution in [0.5, 0.6) is 0 Å². The molecule has 1 aromatic carbocycles. The first-order chi connectivity index (χ1) is 34.7. The highest BCUT2D eigenvalue weighted by Gasteiger charge is 2.42. The first-order valence-electron chi connectivity index (χ1n) is 24.1. The number of aromatic nitrogens is 4. The van der Waals surface area contributed by atoms with E-state index in [-0.39, 0.29) is 86.5 Å². The summed E-state index contributed by atoms with van der Waals surface area (Å²) in [5, 5.41) is 36.2. The van der Waals surface area contributed by atoms with E-state index >= 15 is 0 Å². The number of ether oxygens (including phenoxy) is 4. The van der Waals surface area contributed by atoms with Crippen LogP contribution in [-0.2, 0) is 46.5 Å². The summed E-state index contributed by atoms with van der Waals surface area (Å²) in [7, 11) is 0. The smallest absolute Gasteiger partial charge is 0.407 e. The van der Waals surface area contributed by atoms with Crippen LogP contribution in [0, 0.1) is 5.82 Å². The number of rotatable bonds is 29. The molecule has 7 N–H and O–H groups in total. The van der Waals surface area contributed by atoms with Crippen LogP contribution in [0.3, 0.4) is 0 Å². The zero-order valence-electron chi connectivity index (χ0n) is 40.8. The summed E-state index contributed by atoms with van der Waals surface area (Å²) in [6, 6.07) is 5.70. The van der Waals surface area contributed by atoms with Crippen LogP contribution in [0.2, 0.25) is 5.02 Å². The molecule has 21 nitrogen and oxygen atoms in total. The lowest BCUT2D eigenvalue weighted by Gasteiger charge is -2.28. The number of hydrogen-bond acceptors (Lipinski definition) is 16. The van der Waals surface area contributed by atoms with Crippen molar-refractivity contribution in [3.63, 3.8) is 0 Å². The van der Waals surface area contributed by atoms with Gasteiger partial charge in [0.1, 0.15) is 41.6 Å². The van der Waals surface area contributed by atoms with Gasteiger partial charge in [0.15, 0.2) is 5.78 Å². The number of unbranched alkanes of at least 4 members (excludes halogenated alkanes) is 2. The molecule has 0 aliphatic carbocycles. The second-order valence-corrected chi connectivity index (χ2v) is 20.0. The van der Waals surface area contributed by atoms with Gasteiger partial charge in [-0.2, -0.15) is 11.8 Å². The summed E-state index contributed by atoms with van der Waals surface area (Å²) in [4.78, 5) is 72.0. The Morgan fingerprint density at radius 2 is 1.76 bits per heavy atom. The Hall–Kier alpha value is -5.72. The molecular formula is C48H65ClFN11O10S. The van der Waals surface area contributed by atoms with Crippen molar-refractivity contribution in [3.8, 4) is 0 Å². The minimum Gasteiger partial charge on any atom is -0.444 e. The number of carbonyl (C=O) groups is 5. The van der Waals surface area contributed by atoms with E-state index in [4.69, 9.17) is 35.5 Å². The highest BCUT2D eigenvalue weighted by Crippen LogP contribution is 2.37. The maximum absolute atomic E-state index is 14.0. The molecule has 2 fully saturated rings. The summed E-state index contributed by atoms with van der Waals surface area (Å²) < 4.78 is 38.3. The van der Waals surface area contributed by atoms with Crippen molar-refractivity contribution >= 4 is 58.9 Å². The highest BCUT2D eigenvalue weighted by atomic mass is 35.5. The van der Waals surface area contributed by atoms with Gasteiger partial charge in [0.2, 0.25) is 11.8 Å². The first kappa shape index (κ1) is 55.6. The number of nitrogens with one attached hydrogen (secondary N) is 6. The number of Topliss-reactive ketones (excluding diaryl/α,β-unsaturated/α-hetero) is 1. The second kappa shape index (κ2) is 27.9. The van der Waals surface area contributed by atoms with E-state index < -0.39 is 42.0 Å². The lowest BCUT2D eigenvalue weighted by Crippen LogP contribution is -2.47. The van der Waals surface area contributed by atoms with E-state index in [1.54, 1.807) is 56.2 Å². The molecule has 0 spiro atoms. The number of aliphatic hydroxyl groups is 1. The van der Waals surface area contributed by atoms with Crippen molar-refractivity contribution < 1.29 is 52.4 Å². The van der Waals surface area contributed by atoms with Gasteiger partial charge in [-0.1, -0.05) is 29.3 Å². The first-order valence-corrected chi connectivity index (χ1v) is 25.5. The number of amides is 5. The van der Waals surface area contributed by atoms with E-state index in [0.717, 1.165) is 24.7 Å². The number of thioether (sulfide) groups is 1. The van der Waals surface area contributed by atoms with E-state index in [1.807, 2.05) is 11.8 Å². The molecule has 0 bridgehead atoms. The number of alkyl carbamates (subject to hydrolysis) is 1. The molecule has 3 aromatic rings. The average molecular weight is 1040 g/mol. The third kappa shape index (κ3) is 17.5. The molecule has 3 aliphatic rings. The topological polar surface area (TPSA) is 271 Å². The third-order valence-corrected chi connectivity index (χ3v) is 13.4. The summed E-state index contributed by atoms with van der Waals surface area (Å²) in [6.45, 7) is 6.54. The number of amidine groups is 1. The Kier molecular flexibility index (Phi) is 21.6. The number of ketones is 1. The molecule has 72 heavy (non-hydrogen) atoms. The van der Waals surface area contributed by atoms with Gasteiger partial charge in [-0.25, -0.2) is 18.7 Å². The Balaban J connectivity index is 0.884. The molecule has 0 radical (unpaired) electrons. The maximum atomic E-state index is 14.0. The number of hydrogen-bond donors (Lipinski definition) is 7. The second-order valence-electron chi connectivity index (χ2n) is 18.3. The molecule has 24 heteroatoms. The van der Waals surface area contributed by atoms with Crippen molar-refractivity contribution in [2.75, 3.05) is 58.5 Å². The van der Waals surface area contributed by atoms with Gasteiger partial charge in [-0.3, -0.25) is 24.4 Å².